The topological polar surface area (TPSA) is 75.4 Å². The number of aliphatic hydroxyl groups excluding tert-OH is 1. The number of aromatic nitrogens is 1. The van der Waals surface area contributed by atoms with Crippen molar-refractivity contribution in [2.75, 3.05) is 6.54 Å². The van der Waals surface area contributed by atoms with Gasteiger partial charge in [0.1, 0.15) is 0 Å². The number of hydrogen-bond acceptors (Lipinski definition) is 5. The molecule has 0 bridgehead atoms. The maximum Gasteiger partial charge on any atom is 0.273 e. The van der Waals surface area contributed by atoms with Crippen LogP contribution in [0.5, 0.6) is 0 Å². The van der Waals surface area contributed by atoms with Crippen molar-refractivity contribution in [2.24, 2.45) is 0 Å². The number of nitrogens with zero attached hydrogens (tertiary/aromatic N) is 1. The molecule has 0 radical (unpaired) electrons. The van der Waals surface area contributed by atoms with Gasteiger partial charge in [0.05, 0.1) is 11.0 Å². The van der Waals surface area contributed by atoms with Crippen LogP contribution in [0.25, 0.3) is 10.6 Å². The van der Waals surface area contributed by atoms with Gasteiger partial charge < -0.3 is 14.9 Å². The lowest BCUT2D eigenvalue weighted by molar-refractivity contribution is 0.0940. The summed E-state index contributed by atoms with van der Waals surface area (Å²) >= 11 is 1.53. The zero-order chi connectivity index (χ0) is 13.7. The number of carbonyl (C=O) groups is 1. The van der Waals surface area contributed by atoms with E-state index in [0.29, 0.717) is 18.7 Å². The fraction of sp³-hybridized carbons (Fsp3) is 0.385. The zero-order valence-corrected chi connectivity index (χ0v) is 11.4. The maximum atomic E-state index is 11.8. The van der Waals surface area contributed by atoms with Gasteiger partial charge in [0, 0.05) is 12.6 Å². The van der Waals surface area contributed by atoms with E-state index in [1.807, 2.05) is 17.5 Å². The number of rotatable bonds is 6. The Kier molecular flexibility index (Phi) is 4.70. The van der Waals surface area contributed by atoms with Gasteiger partial charge in [-0.1, -0.05) is 11.2 Å². The van der Waals surface area contributed by atoms with Crippen molar-refractivity contribution in [1.82, 2.24) is 10.5 Å². The third-order valence-corrected chi connectivity index (χ3v) is 3.48. The third kappa shape index (κ3) is 3.90. The number of aliphatic hydroxyl groups is 1. The fourth-order valence-electron chi connectivity index (χ4n) is 1.61. The number of hydrogen-bond donors (Lipinski definition) is 2. The Morgan fingerprint density at radius 3 is 3.16 bits per heavy atom. The molecule has 19 heavy (non-hydrogen) atoms. The first kappa shape index (κ1) is 13.8. The molecule has 1 amide bonds. The van der Waals surface area contributed by atoms with Crippen LogP contribution in [-0.2, 0) is 0 Å². The van der Waals surface area contributed by atoms with E-state index < -0.39 is 0 Å². The number of nitrogens with one attached hydrogen (secondary N) is 1. The molecular formula is C13H16N2O3S. The van der Waals surface area contributed by atoms with Gasteiger partial charge in [-0.25, -0.2) is 0 Å². The first-order valence-electron chi connectivity index (χ1n) is 6.13. The van der Waals surface area contributed by atoms with Crippen molar-refractivity contribution < 1.29 is 14.4 Å². The highest BCUT2D eigenvalue weighted by Gasteiger charge is 2.13. The molecule has 2 aromatic rings. The summed E-state index contributed by atoms with van der Waals surface area (Å²) in [7, 11) is 0. The molecule has 1 unspecified atom stereocenters. The van der Waals surface area contributed by atoms with Crippen LogP contribution in [0.2, 0.25) is 0 Å². The van der Waals surface area contributed by atoms with E-state index in [2.05, 4.69) is 10.5 Å². The maximum absolute atomic E-state index is 11.8. The molecule has 2 heterocycles. The van der Waals surface area contributed by atoms with Crippen LogP contribution in [0, 0.1) is 0 Å². The summed E-state index contributed by atoms with van der Waals surface area (Å²) in [4.78, 5) is 12.7. The summed E-state index contributed by atoms with van der Waals surface area (Å²) in [5, 5.41) is 17.5. The SMILES string of the molecule is CC(O)CCCNC(=O)c1cc(-c2cccs2)on1. The van der Waals surface area contributed by atoms with Gasteiger partial charge in [-0.05, 0) is 31.2 Å². The lowest BCUT2D eigenvalue weighted by Gasteiger charge is -2.04. The quantitative estimate of drug-likeness (QED) is 0.796. The highest BCUT2D eigenvalue weighted by molar-refractivity contribution is 7.13. The second-order valence-corrected chi connectivity index (χ2v) is 5.25. The Morgan fingerprint density at radius 1 is 1.63 bits per heavy atom. The van der Waals surface area contributed by atoms with E-state index in [0.717, 1.165) is 11.3 Å². The van der Waals surface area contributed by atoms with Crippen molar-refractivity contribution in [3.8, 4) is 10.6 Å². The molecule has 6 heteroatoms. The Balaban J connectivity index is 1.86. The Morgan fingerprint density at radius 2 is 2.47 bits per heavy atom. The second-order valence-electron chi connectivity index (χ2n) is 4.30. The summed E-state index contributed by atoms with van der Waals surface area (Å²) < 4.78 is 5.13. The molecule has 0 aliphatic rings. The van der Waals surface area contributed by atoms with Gasteiger partial charge in [0.15, 0.2) is 11.5 Å². The minimum atomic E-state index is -0.339. The van der Waals surface area contributed by atoms with E-state index in [-0.39, 0.29) is 17.7 Å². The molecule has 0 aliphatic carbocycles. The monoisotopic (exact) mass is 280 g/mol. The second kappa shape index (κ2) is 6.49. The molecule has 0 saturated heterocycles. The predicted octanol–water partition coefficient (Wildman–Crippen LogP) is 2.29. The van der Waals surface area contributed by atoms with Crippen LogP contribution in [-0.4, -0.2) is 28.8 Å². The highest BCUT2D eigenvalue weighted by atomic mass is 32.1. The first-order chi connectivity index (χ1) is 9.16. The third-order valence-electron chi connectivity index (χ3n) is 2.59. The molecule has 2 aromatic heterocycles. The number of amides is 1. The molecule has 2 rings (SSSR count). The summed E-state index contributed by atoms with van der Waals surface area (Å²) in [6.07, 6.45) is 1.06. The van der Waals surface area contributed by atoms with Crippen molar-refractivity contribution >= 4 is 17.2 Å². The van der Waals surface area contributed by atoms with Gasteiger partial charge in [0.25, 0.3) is 5.91 Å². The van der Waals surface area contributed by atoms with Crippen LogP contribution < -0.4 is 5.32 Å². The van der Waals surface area contributed by atoms with Gasteiger partial charge in [0.2, 0.25) is 0 Å². The van der Waals surface area contributed by atoms with Gasteiger partial charge in [-0.3, -0.25) is 4.79 Å². The van der Waals surface area contributed by atoms with Crippen LogP contribution >= 0.6 is 11.3 Å². The zero-order valence-electron chi connectivity index (χ0n) is 10.6. The minimum Gasteiger partial charge on any atom is -0.393 e. The Labute approximate surface area is 115 Å². The molecule has 0 aromatic carbocycles. The smallest absolute Gasteiger partial charge is 0.273 e. The summed E-state index contributed by atoms with van der Waals surface area (Å²) in [5.74, 6) is 0.348. The van der Waals surface area contributed by atoms with Crippen LogP contribution in [0.1, 0.15) is 30.3 Å². The van der Waals surface area contributed by atoms with Gasteiger partial charge >= 0.3 is 0 Å². The summed E-state index contributed by atoms with van der Waals surface area (Å²) in [5.41, 5.74) is 0.278. The Hall–Kier alpha value is -1.66. The van der Waals surface area contributed by atoms with Gasteiger partial charge in [-0.15, -0.1) is 11.3 Å². The largest absolute Gasteiger partial charge is 0.393 e. The van der Waals surface area contributed by atoms with Crippen LogP contribution in [0.3, 0.4) is 0 Å². The predicted molar refractivity (Wildman–Crippen MR) is 73.1 cm³/mol. The average Bonchev–Trinajstić information content (AvgIpc) is 3.03. The first-order valence-corrected chi connectivity index (χ1v) is 7.01. The van der Waals surface area contributed by atoms with Gasteiger partial charge in [-0.2, -0.15) is 0 Å². The molecule has 2 N–H and O–H groups in total. The van der Waals surface area contributed by atoms with E-state index in [1.165, 1.54) is 11.3 Å². The lowest BCUT2D eigenvalue weighted by Crippen LogP contribution is -2.25. The highest BCUT2D eigenvalue weighted by Crippen LogP contribution is 2.24. The Bertz CT molecular complexity index is 520. The number of carbonyl (C=O) groups excluding carboxylic acids is 1. The molecule has 102 valence electrons. The van der Waals surface area contributed by atoms with E-state index in [9.17, 15) is 4.79 Å². The molecule has 0 saturated carbocycles. The van der Waals surface area contributed by atoms with E-state index in [1.54, 1.807) is 13.0 Å². The van der Waals surface area contributed by atoms with Crippen molar-refractivity contribution in [3.63, 3.8) is 0 Å². The van der Waals surface area contributed by atoms with E-state index >= 15 is 0 Å². The van der Waals surface area contributed by atoms with Crippen molar-refractivity contribution in [2.45, 2.75) is 25.9 Å². The summed E-state index contributed by atoms with van der Waals surface area (Å²) in [6, 6.07) is 5.46. The van der Waals surface area contributed by atoms with E-state index in [4.69, 9.17) is 9.63 Å². The summed E-state index contributed by atoms with van der Waals surface area (Å²) in [6.45, 7) is 2.25. The fourth-order valence-corrected chi connectivity index (χ4v) is 2.28. The molecule has 0 fully saturated rings. The van der Waals surface area contributed by atoms with Crippen LogP contribution in [0.4, 0.5) is 0 Å². The van der Waals surface area contributed by atoms with Crippen molar-refractivity contribution in [1.29, 1.82) is 0 Å². The van der Waals surface area contributed by atoms with Crippen LogP contribution in [0.15, 0.2) is 28.1 Å². The molecule has 1 atom stereocenters. The standard InChI is InChI=1S/C13H16N2O3S/c1-9(16)4-2-6-14-13(17)10-8-11(18-15-10)12-5-3-7-19-12/h3,5,7-9,16H,2,4,6H2,1H3,(H,14,17). The molecular weight excluding hydrogens is 264 g/mol. The van der Waals surface area contributed by atoms with Crippen molar-refractivity contribution in [3.05, 3.63) is 29.3 Å². The normalized spacial score (nSPS) is 12.3. The molecule has 0 spiro atoms. The minimum absolute atomic E-state index is 0.253. The number of thiophene rings is 1. The average molecular weight is 280 g/mol. The molecule has 5 nitrogen and oxygen atoms in total. The molecule has 0 aliphatic heterocycles. The lowest BCUT2D eigenvalue weighted by atomic mass is 10.2.